The van der Waals surface area contributed by atoms with E-state index in [1.54, 1.807) is 18.0 Å². The van der Waals surface area contributed by atoms with Crippen LogP contribution in [0.3, 0.4) is 0 Å². The quantitative estimate of drug-likeness (QED) is 0.777. The fraction of sp³-hybridized carbons (Fsp3) is 0.316. The zero-order valence-electron chi connectivity index (χ0n) is 15.1. The first-order valence-electron chi connectivity index (χ1n) is 8.38. The minimum atomic E-state index is -0.0884. The highest BCUT2D eigenvalue weighted by molar-refractivity contribution is 5.93. The van der Waals surface area contributed by atoms with Crippen LogP contribution in [0.25, 0.3) is 11.3 Å². The van der Waals surface area contributed by atoms with E-state index in [-0.39, 0.29) is 5.91 Å². The minimum Gasteiger partial charge on any atom is -0.336 e. The van der Waals surface area contributed by atoms with Crippen LogP contribution < -0.4 is 0 Å². The lowest BCUT2D eigenvalue weighted by Crippen LogP contribution is -2.26. The standard InChI is InChI=1S/C19H23N5O/c1-5-24-12-16(14(3)22-24)11-23(4)19(25)18-10-17(20-21-18)15-8-6-13(2)7-9-15/h6-10,12H,5,11H2,1-4H3,(H,20,21). The number of amides is 1. The lowest BCUT2D eigenvalue weighted by Gasteiger charge is -2.15. The molecule has 0 radical (unpaired) electrons. The number of nitrogens with zero attached hydrogens (tertiary/aromatic N) is 4. The number of benzene rings is 1. The topological polar surface area (TPSA) is 66.8 Å². The van der Waals surface area contributed by atoms with Gasteiger partial charge in [-0.3, -0.25) is 14.6 Å². The molecule has 0 atom stereocenters. The third-order valence-electron chi connectivity index (χ3n) is 4.28. The van der Waals surface area contributed by atoms with Gasteiger partial charge in [0.05, 0.1) is 11.4 Å². The molecule has 3 rings (SSSR count). The maximum absolute atomic E-state index is 12.7. The van der Waals surface area contributed by atoms with E-state index in [9.17, 15) is 4.79 Å². The van der Waals surface area contributed by atoms with Gasteiger partial charge in [-0.25, -0.2) is 0 Å². The van der Waals surface area contributed by atoms with Crippen molar-refractivity contribution in [3.05, 3.63) is 59.0 Å². The summed E-state index contributed by atoms with van der Waals surface area (Å²) in [4.78, 5) is 14.3. The number of hydrogen-bond donors (Lipinski definition) is 1. The van der Waals surface area contributed by atoms with Crippen LogP contribution in [0.2, 0.25) is 0 Å². The molecule has 0 bridgehead atoms. The van der Waals surface area contributed by atoms with Crippen molar-refractivity contribution < 1.29 is 4.79 Å². The number of rotatable bonds is 5. The van der Waals surface area contributed by atoms with Crippen LogP contribution in [0.1, 0.15) is 34.2 Å². The normalized spacial score (nSPS) is 10.9. The van der Waals surface area contributed by atoms with Crippen molar-refractivity contribution in [1.82, 2.24) is 24.9 Å². The summed E-state index contributed by atoms with van der Waals surface area (Å²) < 4.78 is 1.88. The second-order valence-electron chi connectivity index (χ2n) is 6.29. The van der Waals surface area contributed by atoms with Gasteiger partial charge in [-0.05, 0) is 26.8 Å². The largest absolute Gasteiger partial charge is 0.336 e. The van der Waals surface area contributed by atoms with E-state index in [4.69, 9.17) is 0 Å². The van der Waals surface area contributed by atoms with Crippen LogP contribution in [0.5, 0.6) is 0 Å². The number of aryl methyl sites for hydroxylation is 3. The Morgan fingerprint density at radius 1 is 1.24 bits per heavy atom. The highest BCUT2D eigenvalue weighted by atomic mass is 16.2. The molecule has 0 saturated carbocycles. The molecule has 0 aliphatic rings. The van der Waals surface area contributed by atoms with Gasteiger partial charge < -0.3 is 4.90 Å². The molecule has 2 aromatic heterocycles. The predicted octanol–water partition coefficient (Wildman–Crippen LogP) is 3.18. The molecule has 130 valence electrons. The first kappa shape index (κ1) is 17.0. The molecule has 6 nitrogen and oxygen atoms in total. The van der Waals surface area contributed by atoms with E-state index < -0.39 is 0 Å². The van der Waals surface area contributed by atoms with Gasteiger partial charge in [0.2, 0.25) is 0 Å². The van der Waals surface area contributed by atoms with Gasteiger partial charge in [-0.1, -0.05) is 29.8 Å². The van der Waals surface area contributed by atoms with E-state index in [1.807, 2.05) is 55.9 Å². The van der Waals surface area contributed by atoms with Gasteiger partial charge in [0.1, 0.15) is 5.69 Å². The number of H-pyrrole nitrogens is 1. The van der Waals surface area contributed by atoms with E-state index in [1.165, 1.54) is 5.56 Å². The zero-order valence-corrected chi connectivity index (χ0v) is 15.1. The summed E-state index contributed by atoms with van der Waals surface area (Å²) in [6, 6.07) is 9.88. The first-order valence-corrected chi connectivity index (χ1v) is 8.38. The molecule has 1 N–H and O–H groups in total. The van der Waals surface area contributed by atoms with Crippen molar-refractivity contribution in [2.75, 3.05) is 7.05 Å². The lowest BCUT2D eigenvalue weighted by atomic mass is 10.1. The van der Waals surface area contributed by atoms with E-state index in [0.717, 1.165) is 29.1 Å². The van der Waals surface area contributed by atoms with Crippen LogP contribution in [0.4, 0.5) is 0 Å². The second kappa shape index (κ2) is 6.93. The fourth-order valence-corrected chi connectivity index (χ4v) is 2.71. The van der Waals surface area contributed by atoms with Gasteiger partial charge in [-0.15, -0.1) is 0 Å². The van der Waals surface area contributed by atoms with Crippen LogP contribution in [0.15, 0.2) is 36.5 Å². The molecule has 6 heteroatoms. The molecule has 0 aliphatic carbocycles. The summed E-state index contributed by atoms with van der Waals surface area (Å²) >= 11 is 0. The molecule has 1 aromatic carbocycles. The lowest BCUT2D eigenvalue weighted by molar-refractivity contribution is 0.0779. The Bertz CT molecular complexity index is 876. The average molecular weight is 337 g/mol. The van der Waals surface area contributed by atoms with E-state index in [2.05, 4.69) is 15.3 Å². The van der Waals surface area contributed by atoms with Crippen LogP contribution in [-0.2, 0) is 13.1 Å². The monoisotopic (exact) mass is 337 g/mol. The maximum Gasteiger partial charge on any atom is 0.271 e. The van der Waals surface area contributed by atoms with Crippen molar-refractivity contribution in [3.63, 3.8) is 0 Å². The highest BCUT2D eigenvalue weighted by Crippen LogP contribution is 2.19. The molecule has 2 heterocycles. The molecule has 0 saturated heterocycles. The first-order chi connectivity index (χ1) is 12.0. The smallest absolute Gasteiger partial charge is 0.271 e. The summed E-state index contributed by atoms with van der Waals surface area (Å²) in [6.07, 6.45) is 1.99. The zero-order chi connectivity index (χ0) is 18.0. The van der Waals surface area contributed by atoms with Crippen LogP contribution in [-0.4, -0.2) is 37.8 Å². The van der Waals surface area contributed by atoms with Gasteiger partial charge >= 0.3 is 0 Å². The Kier molecular flexibility index (Phi) is 4.70. The molecule has 0 aliphatic heterocycles. The fourth-order valence-electron chi connectivity index (χ4n) is 2.71. The van der Waals surface area contributed by atoms with Gasteiger partial charge in [-0.2, -0.15) is 10.2 Å². The summed E-state index contributed by atoms with van der Waals surface area (Å²) in [6.45, 7) is 7.39. The Hall–Kier alpha value is -2.89. The minimum absolute atomic E-state index is 0.0884. The summed E-state index contributed by atoms with van der Waals surface area (Å²) in [5, 5.41) is 11.6. The van der Waals surface area contributed by atoms with Crippen molar-refractivity contribution >= 4 is 5.91 Å². The Morgan fingerprint density at radius 2 is 1.96 bits per heavy atom. The molecular weight excluding hydrogens is 314 g/mol. The van der Waals surface area contributed by atoms with Crippen molar-refractivity contribution in [1.29, 1.82) is 0 Å². The Morgan fingerprint density at radius 3 is 2.60 bits per heavy atom. The Labute approximate surface area is 147 Å². The third kappa shape index (κ3) is 3.63. The molecular formula is C19H23N5O. The van der Waals surface area contributed by atoms with Crippen LogP contribution >= 0.6 is 0 Å². The SMILES string of the molecule is CCn1cc(CN(C)C(=O)c2cc(-c3ccc(C)cc3)n[nH]2)c(C)n1. The van der Waals surface area contributed by atoms with Gasteiger partial charge in [0.15, 0.2) is 0 Å². The number of hydrogen-bond acceptors (Lipinski definition) is 3. The predicted molar refractivity (Wildman–Crippen MR) is 97.2 cm³/mol. The molecule has 3 aromatic rings. The summed E-state index contributed by atoms with van der Waals surface area (Å²) in [7, 11) is 1.79. The second-order valence-corrected chi connectivity index (χ2v) is 6.29. The third-order valence-corrected chi connectivity index (χ3v) is 4.28. The highest BCUT2D eigenvalue weighted by Gasteiger charge is 2.17. The van der Waals surface area contributed by atoms with E-state index >= 15 is 0 Å². The maximum atomic E-state index is 12.7. The number of nitrogens with one attached hydrogen (secondary N) is 1. The average Bonchev–Trinajstić information content (AvgIpc) is 3.22. The number of aromatic nitrogens is 4. The van der Waals surface area contributed by atoms with Gasteiger partial charge in [0.25, 0.3) is 5.91 Å². The molecule has 0 unspecified atom stereocenters. The van der Waals surface area contributed by atoms with Gasteiger partial charge in [0, 0.05) is 37.5 Å². The number of carbonyl (C=O) groups is 1. The molecule has 25 heavy (non-hydrogen) atoms. The van der Waals surface area contributed by atoms with E-state index in [0.29, 0.717) is 12.2 Å². The molecule has 1 amide bonds. The van der Waals surface area contributed by atoms with Crippen molar-refractivity contribution in [3.8, 4) is 11.3 Å². The molecule has 0 spiro atoms. The number of carbonyl (C=O) groups excluding carboxylic acids is 1. The number of aromatic amines is 1. The Balaban J connectivity index is 1.74. The summed E-state index contributed by atoms with van der Waals surface area (Å²) in [5.41, 5.74) is 5.44. The summed E-state index contributed by atoms with van der Waals surface area (Å²) in [5.74, 6) is -0.0884. The molecule has 0 fully saturated rings. The van der Waals surface area contributed by atoms with Crippen molar-refractivity contribution in [2.45, 2.75) is 33.9 Å². The van der Waals surface area contributed by atoms with Crippen LogP contribution in [0, 0.1) is 13.8 Å². The van der Waals surface area contributed by atoms with Crippen molar-refractivity contribution in [2.24, 2.45) is 0 Å².